The summed E-state index contributed by atoms with van der Waals surface area (Å²) in [5.41, 5.74) is 0. The molecular formula is C9H16O3. The molecule has 0 aromatic heterocycles. The molecule has 3 nitrogen and oxygen atoms in total. The highest BCUT2D eigenvalue weighted by molar-refractivity contribution is 5.67. The molecule has 1 heterocycles. The molecule has 0 unspecified atom stereocenters. The van der Waals surface area contributed by atoms with Gasteiger partial charge in [0.05, 0.1) is 6.10 Å². The first-order valence-electron chi connectivity index (χ1n) is 4.43. The van der Waals surface area contributed by atoms with Gasteiger partial charge in [-0.3, -0.25) is 4.79 Å². The van der Waals surface area contributed by atoms with E-state index in [0.717, 1.165) is 6.42 Å². The molecule has 12 heavy (non-hydrogen) atoms. The Bertz CT molecular complexity index is 167. The number of rotatable bonds is 2. The van der Waals surface area contributed by atoms with Crippen LogP contribution in [-0.4, -0.2) is 23.8 Å². The summed E-state index contributed by atoms with van der Waals surface area (Å²) in [4.78, 5) is 10.5. The van der Waals surface area contributed by atoms with Crippen molar-refractivity contribution >= 4 is 5.97 Å². The molecule has 0 radical (unpaired) electrons. The Hall–Kier alpha value is -0.570. The van der Waals surface area contributed by atoms with Crippen LogP contribution < -0.4 is 0 Å². The summed E-state index contributed by atoms with van der Waals surface area (Å²) in [5, 5.41) is 8.63. The highest BCUT2D eigenvalue weighted by Crippen LogP contribution is 2.27. The van der Waals surface area contributed by atoms with Crippen molar-refractivity contribution in [1.82, 2.24) is 0 Å². The minimum atomic E-state index is -0.694. The maximum absolute atomic E-state index is 10.5. The van der Waals surface area contributed by atoms with E-state index < -0.39 is 5.97 Å². The average molecular weight is 172 g/mol. The fourth-order valence-corrected chi connectivity index (χ4v) is 1.69. The summed E-state index contributed by atoms with van der Waals surface area (Å²) in [7, 11) is 0. The number of carboxylic acids is 1. The van der Waals surface area contributed by atoms with Crippen molar-refractivity contribution in [2.75, 3.05) is 6.61 Å². The van der Waals surface area contributed by atoms with Crippen molar-refractivity contribution < 1.29 is 14.6 Å². The van der Waals surface area contributed by atoms with E-state index in [1.54, 1.807) is 0 Å². The first-order valence-corrected chi connectivity index (χ1v) is 4.43. The number of hydrogen-bond donors (Lipinski definition) is 1. The van der Waals surface area contributed by atoms with Gasteiger partial charge >= 0.3 is 5.97 Å². The van der Waals surface area contributed by atoms with Crippen molar-refractivity contribution in [1.29, 1.82) is 0 Å². The van der Waals surface area contributed by atoms with E-state index in [-0.39, 0.29) is 12.5 Å². The van der Waals surface area contributed by atoms with Gasteiger partial charge in [-0.1, -0.05) is 6.92 Å². The average Bonchev–Trinajstić information content (AvgIpc) is 1.96. The molecule has 0 aromatic rings. The molecule has 1 rings (SSSR count). The standard InChI is InChI=1S/C9H16O3/c1-6-5-12-7(2)3-8(6)4-9(10)11/h6-8H,3-5H2,1-2H3,(H,10,11)/t6-,7+,8+/m0/s1. The Labute approximate surface area is 72.7 Å². The smallest absolute Gasteiger partial charge is 0.303 e. The Morgan fingerprint density at radius 1 is 1.58 bits per heavy atom. The Kier molecular flexibility index (Phi) is 3.09. The number of aliphatic carboxylic acids is 1. The fourth-order valence-electron chi connectivity index (χ4n) is 1.69. The van der Waals surface area contributed by atoms with Gasteiger partial charge < -0.3 is 9.84 Å². The third kappa shape index (κ3) is 2.48. The van der Waals surface area contributed by atoms with Gasteiger partial charge in [0.2, 0.25) is 0 Å². The molecule has 0 bridgehead atoms. The minimum absolute atomic E-state index is 0.227. The van der Waals surface area contributed by atoms with Gasteiger partial charge in [-0.25, -0.2) is 0 Å². The third-order valence-electron chi connectivity index (χ3n) is 2.52. The van der Waals surface area contributed by atoms with Crippen molar-refractivity contribution in [3.05, 3.63) is 0 Å². The van der Waals surface area contributed by atoms with Crippen LogP contribution in [0, 0.1) is 11.8 Å². The monoisotopic (exact) mass is 172 g/mol. The highest BCUT2D eigenvalue weighted by atomic mass is 16.5. The molecule has 3 heteroatoms. The van der Waals surface area contributed by atoms with Crippen LogP contribution >= 0.6 is 0 Å². The number of carbonyl (C=O) groups is 1. The van der Waals surface area contributed by atoms with Gasteiger partial charge in [0, 0.05) is 13.0 Å². The van der Waals surface area contributed by atoms with Crippen LogP contribution in [0.3, 0.4) is 0 Å². The van der Waals surface area contributed by atoms with Gasteiger partial charge in [-0.05, 0) is 25.2 Å². The lowest BCUT2D eigenvalue weighted by Gasteiger charge is -2.31. The van der Waals surface area contributed by atoms with Crippen LogP contribution in [0.4, 0.5) is 0 Å². The van der Waals surface area contributed by atoms with Gasteiger partial charge in [-0.15, -0.1) is 0 Å². The molecule has 0 aromatic carbocycles. The van der Waals surface area contributed by atoms with Crippen molar-refractivity contribution in [2.24, 2.45) is 11.8 Å². The normalized spacial score (nSPS) is 36.3. The predicted octanol–water partition coefficient (Wildman–Crippen LogP) is 1.52. The topological polar surface area (TPSA) is 46.5 Å². The summed E-state index contributed by atoms with van der Waals surface area (Å²) in [6, 6.07) is 0. The van der Waals surface area contributed by atoms with E-state index in [1.807, 2.05) is 6.92 Å². The minimum Gasteiger partial charge on any atom is -0.481 e. The second kappa shape index (κ2) is 3.90. The van der Waals surface area contributed by atoms with E-state index in [2.05, 4.69) is 6.92 Å². The van der Waals surface area contributed by atoms with Crippen LogP contribution in [0.1, 0.15) is 26.7 Å². The Balaban J connectivity index is 2.43. The van der Waals surface area contributed by atoms with E-state index in [9.17, 15) is 4.79 Å². The summed E-state index contributed by atoms with van der Waals surface area (Å²) < 4.78 is 5.41. The van der Waals surface area contributed by atoms with E-state index in [4.69, 9.17) is 9.84 Å². The van der Waals surface area contributed by atoms with Crippen LogP contribution in [-0.2, 0) is 9.53 Å². The van der Waals surface area contributed by atoms with Gasteiger partial charge in [-0.2, -0.15) is 0 Å². The molecule has 0 spiro atoms. The Morgan fingerprint density at radius 3 is 2.83 bits per heavy atom. The van der Waals surface area contributed by atoms with E-state index >= 15 is 0 Å². The summed E-state index contributed by atoms with van der Waals surface area (Å²) in [6.07, 6.45) is 1.40. The van der Waals surface area contributed by atoms with Crippen LogP contribution in [0.2, 0.25) is 0 Å². The third-order valence-corrected chi connectivity index (χ3v) is 2.52. The summed E-state index contributed by atoms with van der Waals surface area (Å²) >= 11 is 0. The maximum atomic E-state index is 10.5. The molecule has 1 saturated heterocycles. The van der Waals surface area contributed by atoms with Crippen LogP contribution in [0.15, 0.2) is 0 Å². The van der Waals surface area contributed by atoms with Crippen molar-refractivity contribution in [3.63, 3.8) is 0 Å². The first kappa shape index (κ1) is 9.52. The zero-order valence-corrected chi connectivity index (χ0v) is 7.62. The molecule has 0 amide bonds. The number of carboxylic acid groups (broad SMARTS) is 1. The predicted molar refractivity (Wildman–Crippen MR) is 44.9 cm³/mol. The molecular weight excluding hydrogens is 156 g/mol. The second-order valence-corrected chi connectivity index (χ2v) is 3.71. The molecule has 1 fully saturated rings. The maximum Gasteiger partial charge on any atom is 0.303 e. The lowest BCUT2D eigenvalue weighted by Crippen LogP contribution is -2.31. The molecule has 1 aliphatic rings. The quantitative estimate of drug-likeness (QED) is 0.687. The van der Waals surface area contributed by atoms with Gasteiger partial charge in [0.25, 0.3) is 0 Å². The largest absolute Gasteiger partial charge is 0.481 e. The molecule has 0 saturated carbocycles. The Morgan fingerprint density at radius 2 is 2.25 bits per heavy atom. The van der Waals surface area contributed by atoms with Gasteiger partial charge in [0.15, 0.2) is 0 Å². The second-order valence-electron chi connectivity index (χ2n) is 3.71. The van der Waals surface area contributed by atoms with Crippen molar-refractivity contribution in [2.45, 2.75) is 32.8 Å². The molecule has 70 valence electrons. The highest BCUT2D eigenvalue weighted by Gasteiger charge is 2.27. The molecule has 1 aliphatic heterocycles. The zero-order chi connectivity index (χ0) is 9.14. The van der Waals surface area contributed by atoms with Crippen molar-refractivity contribution in [3.8, 4) is 0 Å². The zero-order valence-electron chi connectivity index (χ0n) is 7.62. The first-order chi connectivity index (χ1) is 5.59. The molecule has 1 N–H and O–H groups in total. The number of hydrogen-bond acceptors (Lipinski definition) is 2. The summed E-state index contributed by atoms with van der Waals surface area (Å²) in [5.74, 6) is -0.00972. The van der Waals surface area contributed by atoms with Gasteiger partial charge in [0.1, 0.15) is 0 Å². The number of ether oxygens (including phenoxy) is 1. The van der Waals surface area contributed by atoms with E-state index in [0.29, 0.717) is 18.4 Å². The fraction of sp³-hybridized carbons (Fsp3) is 0.889. The lowest BCUT2D eigenvalue weighted by atomic mass is 9.85. The molecule has 0 aliphatic carbocycles. The summed E-state index contributed by atoms with van der Waals surface area (Å²) in [6.45, 7) is 4.76. The van der Waals surface area contributed by atoms with Crippen LogP contribution in [0.5, 0.6) is 0 Å². The SMILES string of the molecule is C[C@@H]1C[C@H](CC(=O)O)[C@@H](C)CO1. The molecule has 3 atom stereocenters. The van der Waals surface area contributed by atoms with Crippen LogP contribution in [0.25, 0.3) is 0 Å². The van der Waals surface area contributed by atoms with E-state index in [1.165, 1.54) is 0 Å². The lowest BCUT2D eigenvalue weighted by molar-refractivity contribution is -0.140.